The summed E-state index contributed by atoms with van der Waals surface area (Å²) < 4.78 is 0. The molecule has 0 fully saturated rings. The summed E-state index contributed by atoms with van der Waals surface area (Å²) in [5, 5.41) is 3.39. The van der Waals surface area contributed by atoms with E-state index in [1.54, 1.807) is 11.3 Å². The first-order chi connectivity index (χ1) is 5.88. The minimum atomic E-state index is 1.15. The quantitative estimate of drug-likeness (QED) is 0.601. The van der Waals surface area contributed by atoms with Crippen LogP contribution in [0.15, 0.2) is 23.7 Å². The summed E-state index contributed by atoms with van der Waals surface area (Å²) in [6.07, 6.45) is 1.84. The Morgan fingerprint density at radius 3 is 2.75 bits per heavy atom. The van der Waals surface area contributed by atoms with Crippen molar-refractivity contribution in [3.05, 3.63) is 28.6 Å². The summed E-state index contributed by atoms with van der Waals surface area (Å²) in [7, 11) is 0. The van der Waals surface area contributed by atoms with E-state index in [9.17, 15) is 0 Å². The van der Waals surface area contributed by atoms with Gasteiger partial charge in [-0.05, 0) is 13.0 Å². The molecule has 2 heterocycles. The fraction of sp³-hybridized carbons (Fsp3) is 0.300. The molecule has 12 heavy (non-hydrogen) atoms. The van der Waals surface area contributed by atoms with Crippen molar-refractivity contribution in [2.45, 2.75) is 20.8 Å². The van der Waals surface area contributed by atoms with Crippen molar-refractivity contribution in [3.63, 3.8) is 0 Å². The lowest BCUT2D eigenvalue weighted by Crippen LogP contribution is -1.71. The molecule has 0 aliphatic carbocycles. The highest BCUT2D eigenvalue weighted by Crippen LogP contribution is 2.21. The normalized spacial score (nSPS) is 9.25. The highest BCUT2D eigenvalue weighted by molar-refractivity contribution is 7.11. The zero-order valence-electron chi connectivity index (χ0n) is 7.66. The first-order valence-corrected chi connectivity index (χ1v) is 5.05. The molecule has 0 aliphatic heterocycles. The van der Waals surface area contributed by atoms with E-state index in [2.05, 4.69) is 23.4 Å². The van der Waals surface area contributed by atoms with Crippen LogP contribution in [0.25, 0.3) is 10.9 Å². The molecule has 0 atom stereocenters. The minimum Gasteiger partial charge on any atom is -0.255 e. The van der Waals surface area contributed by atoms with Gasteiger partial charge in [0, 0.05) is 21.8 Å². The lowest BCUT2D eigenvalue weighted by atomic mass is 10.3. The van der Waals surface area contributed by atoms with Gasteiger partial charge < -0.3 is 0 Å². The van der Waals surface area contributed by atoms with Crippen molar-refractivity contribution in [3.8, 4) is 0 Å². The second-order valence-corrected chi connectivity index (χ2v) is 3.32. The molecule has 0 bridgehead atoms. The van der Waals surface area contributed by atoms with Crippen molar-refractivity contribution in [1.82, 2.24) is 4.98 Å². The maximum atomic E-state index is 4.25. The molecule has 0 spiro atoms. The summed E-state index contributed by atoms with van der Waals surface area (Å²) in [6.45, 7) is 6.10. The maximum absolute atomic E-state index is 4.25. The Kier molecular flexibility index (Phi) is 3.23. The largest absolute Gasteiger partial charge is 0.255 e. The van der Waals surface area contributed by atoms with Gasteiger partial charge in [0.2, 0.25) is 0 Å². The van der Waals surface area contributed by atoms with Gasteiger partial charge in [0.1, 0.15) is 0 Å². The fourth-order valence-corrected chi connectivity index (χ4v) is 1.79. The van der Waals surface area contributed by atoms with E-state index in [0.29, 0.717) is 0 Å². The van der Waals surface area contributed by atoms with Crippen LogP contribution in [0.2, 0.25) is 0 Å². The highest BCUT2D eigenvalue weighted by atomic mass is 32.1. The van der Waals surface area contributed by atoms with Crippen molar-refractivity contribution in [2.24, 2.45) is 0 Å². The minimum absolute atomic E-state index is 1.15. The zero-order valence-corrected chi connectivity index (χ0v) is 8.48. The molecule has 64 valence electrons. The third kappa shape index (κ3) is 1.64. The van der Waals surface area contributed by atoms with Crippen LogP contribution in [0.4, 0.5) is 0 Å². The number of aryl methyl sites for hydroxylation is 1. The maximum Gasteiger partial charge on any atom is 0.0838 e. The number of thiophene rings is 1. The highest BCUT2D eigenvalue weighted by Gasteiger charge is 1.97. The molecule has 0 N–H and O–H groups in total. The Hall–Kier alpha value is -0.890. The van der Waals surface area contributed by atoms with Gasteiger partial charge in [-0.1, -0.05) is 19.9 Å². The molecule has 0 saturated heterocycles. The average Bonchev–Trinajstić information content (AvgIpc) is 2.53. The van der Waals surface area contributed by atoms with Crippen molar-refractivity contribution in [2.75, 3.05) is 0 Å². The molecule has 0 aliphatic rings. The molecule has 0 saturated carbocycles. The van der Waals surface area contributed by atoms with E-state index in [0.717, 1.165) is 5.52 Å². The van der Waals surface area contributed by atoms with E-state index in [1.807, 2.05) is 26.1 Å². The van der Waals surface area contributed by atoms with E-state index in [4.69, 9.17) is 0 Å². The van der Waals surface area contributed by atoms with Crippen LogP contribution in [0.5, 0.6) is 0 Å². The monoisotopic (exact) mass is 179 g/mol. The van der Waals surface area contributed by atoms with E-state index < -0.39 is 0 Å². The van der Waals surface area contributed by atoms with Gasteiger partial charge in [-0.25, -0.2) is 0 Å². The first kappa shape index (κ1) is 9.20. The number of pyridine rings is 1. The summed E-state index contributed by atoms with van der Waals surface area (Å²) in [4.78, 5) is 5.55. The van der Waals surface area contributed by atoms with Gasteiger partial charge in [-0.15, -0.1) is 11.3 Å². The summed E-state index contributed by atoms with van der Waals surface area (Å²) in [6, 6.07) is 4.06. The van der Waals surface area contributed by atoms with E-state index in [1.165, 1.54) is 10.3 Å². The van der Waals surface area contributed by atoms with E-state index >= 15 is 0 Å². The number of hydrogen-bond donors (Lipinski definition) is 0. The number of hydrogen-bond acceptors (Lipinski definition) is 2. The second kappa shape index (κ2) is 4.21. The molecule has 2 aromatic rings. The van der Waals surface area contributed by atoms with Crippen LogP contribution in [-0.4, -0.2) is 4.98 Å². The van der Waals surface area contributed by atoms with Crippen molar-refractivity contribution in [1.29, 1.82) is 0 Å². The molecule has 0 amide bonds. The van der Waals surface area contributed by atoms with Gasteiger partial charge in [0.15, 0.2) is 0 Å². The van der Waals surface area contributed by atoms with Gasteiger partial charge in [-0.3, -0.25) is 4.98 Å². The molecule has 2 aromatic heterocycles. The Morgan fingerprint density at radius 1 is 1.33 bits per heavy atom. The molecular formula is C10H13NS. The van der Waals surface area contributed by atoms with Gasteiger partial charge >= 0.3 is 0 Å². The Morgan fingerprint density at radius 2 is 2.08 bits per heavy atom. The SMILES string of the molecule is CC.Cc1scc2cccnc12. The molecule has 0 aromatic carbocycles. The zero-order chi connectivity index (χ0) is 8.97. The third-order valence-corrected chi connectivity index (χ3v) is 2.45. The van der Waals surface area contributed by atoms with Gasteiger partial charge in [0.25, 0.3) is 0 Å². The predicted molar refractivity (Wildman–Crippen MR) is 55.7 cm³/mol. The molecule has 2 heteroatoms. The Balaban J connectivity index is 0.000000336. The van der Waals surface area contributed by atoms with Gasteiger partial charge in [-0.2, -0.15) is 0 Å². The fourth-order valence-electron chi connectivity index (χ4n) is 1.01. The number of fused-ring (bicyclic) bond motifs is 1. The van der Waals surface area contributed by atoms with Crippen molar-refractivity contribution < 1.29 is 0 Å². The lowest BCUT2D eigenvalue weighted by molar-refractivity contribution is 1.40. The Labute approximate surface area is 77.1 Å². The summed E-state index contributed by atoms with van der Waals surface area (Å²) >= 11 is 1.76. The third-order valence-electron chi connectivity index (χ3n) is 1.54. The van der Waals surface area contributed by atoms with Gasteiger partial charge in [0.05, 0.1) is 5.52 Å². The summed E-state index contributed by atoms with van der Waals surface area (Å²) in [5.41, 5.74) is 1.15. The van der Waals surface area contributed by atoms with E-state index in [-0.39, 0.29) is 0 Å². The van der Waals surface area contributed by atoms with Crippen LogP contribution in [0.1, 0.15) is 18.7 Å². The van der Waals surface area contributed by atoms with Crippen LogP contribution in [0.3, 0.4) is 0 Å². The molecule has 0 unspecified atom stereocenters. The topological polar surface area (TPSA) is 12.9 Å². The van der Waals surface area contributed by atoms with Crippen LogP contribution in [-0.2, 0) is 0 Å². The molecular weight excluding hydrogens is 166 g/mol. The lowest BCUT2D eigenvalue weighted by Gasteiger charge is -1.86. The first-order valence-electron chi connectivity index (χ1n) is 4.17. The summed E-state index contributed by atoms with van der Waals surface area (Å²) in [5.74, 6) is 0. The number of rotatable bonds is 0. The molecule has 1 nitrogen and oxygen atoms in total. The van der Waals surface area contributed by atoms with Crippen molar-refractivity contribution >= 4 is 22.2 Å². The smallest absolute Gasteiger partial charge is 0.0838 e. The standard InChI is InChI=1S/C8H7NS.C2H6/c1-6-8-7(5-10-6)3-2-4-9-8;1-2/h2-5H,1H3;1-2H3. The number of aromatic nitrogens is 1. The van der Waals surface area contributed by atoms with Crippen LogP contribution in [0, 0.1) is 6.92 Å². The molecule has 2 rings (SSSR count). The second-order valence-electron chi connectivity index (χ2n) is 2.23. The van der Waals surface area contributed by atoms with Crippen LogP contribution >= 0.6 is 11.3 Å². The Bertz CT molecular complexity index is 351. The number of nitrogens with zero attached hydrogens (tertiary/aromatic N) is 1. The van der Waals surface area contributed by atoms with Crippen LogP contribution < -0.4 is 0 Å². The molecule has 0 radical (unpaired) electrons. The average molecular weight is 179 g/mol. The predicted octanol–water partition coefficient (Wildman–Crippen LogP) is 3.63.